The van der Waals surface area contributed by atoms with E-state index < -0.39 is 6.10 Å². The summed E-state index contributed by atoms with van der Waals surface area (Å²) in [4.78, 5) is 0. The molecule has 0 spiro atoms. The molecular weight excluding hydrogens is 284 g/mol. The number of methoxy groups -OCH3 is 1. The predicted molar refractivity (Wildman–Crippen MR) is 70.8 cm³/mol. The zero-order chi connectivity index (χ0) is 12.8. The number of aliphatic hydroxyl groups is 1. The summed E-state index contributed by atoms with van der Waals surface area (Å²) in [5.74, 6) is 0.502. The predicted octanol–water partition coefficient (Wildman–Crippen LogP) is 2.76. The van der Waals surface area contributed by atoms with Crippen LogP contribution in [0.25, 0.3) is 0 Å². The van der Waals surface area contributed by atoms with Crippen LogP contribution in [0.5, 0.6) is 0 Å². The van der Waals surface area contributed by atoms with Gasteiger partial charge >= 0.3 is 0 Å². The Labute approximate surface area is 111 Å². The quantitative estimate of drug-likeness (QED) is 0.842. The van der Waals surface area contributed by atoms with Crippen LogP contribution in [-0.2, 0) is 11.3 Å². The average Bonchev–Trinajstić information content (AvgIpc) is 2.67. The minimum absolute atomic E-state index is 0.473. The number of hydrogen-bond donors (Lipinski definition) is 1. The van der Waals surface area contributed by atoms with E-state index in [0.717, 1.165) is 23.0 Å². The zero-order valence-electron chi connectivity index (χ0n) is 10.7. The van der Waals surface area contributed by atoms with Gasteiger partial charge in [-0.05, 0) is 28.3 Å². The third-order valence-electron chi connectivity index (χ3n) is 2.98. The number of aliphatic hydroxyl groups excluding tert-OH is 1. The van der Waals surface area contributed by atoms with Crippen LogP contribution in [0.15, 0.2) is 10.7 Å². The van der Waals surface area contributed by atoms with E-state index in [9.17, 15) is 5.11 Å². The maximum atomic E-state index is 10.2. The monoisotopic (exact) mass is 304 g/mol. The van der Waals surface area contributed by atoms with E-state index in [4.69, 9.17) is 4.74 Å². The van der Waals surface area contributed by atoms with Gasteiger partial charge in [0.2, 0.25) is 0 Å². The second kappa shape index (κ2) is 7.13. The number of aromatic nitrogens is 2. The molecule has 0 amide bonds. The molecule has 0 fully saturated rings. The summed E-state index contributed by atoms with van der Waals surface area (Å²) >= 11 is 3.44. The normalized spacial score (nSPS) is 14.9. The second-order valence-corrected chi connectivity index (χ2v) is 5.21. The van der Waals surface area contributed by atoms with Crippen molar-refractivity contribution in [2.45, 2.75) is 39.3 Å². The van der Waals surface area contributed by atoms with E-state index in [2.05, 4.69) is 34.9 Å². The Bertz CT molecular complexity index is 341. The lowest BCUT2D eigenvalue weighted by Gasteiger charge is -2.17. The number of hydrogen-bond acceptors (Lipinski definition) is 3. The molecule has 2 atom stereocenters. The Morgan fingerprint density at radius 2 is 2.29 bits per heavy atom. The molecule has 0 saturated heterocycles. The fourth-order valence-corrected chi connectivity index (χ4v) is 2.28. The number of halogens is 1. The minimum atomic E-state index is -0.473. The van der Waals surface area contributed by atoms with Gasteiger partial charge in [0, 0.05) is 7.11 Å². The first kappa shape index (κ1) is 14.7. The molecule has 0 aliphatic carbocycles. The third kappa shape index (κ3) is 4.08. The highest BCUT2D eigenvalue weighted by atomic mass is 79.9. The maximum absolute atomic E-state index is 10.2. The third-order valence-corrected chi connectivity index (χ3v) is 3.59. The molecule has 0 aliphatic rings. The fraction of sp³-hybridized carbons (Fsp3) is 0.750. The highest BCUT2D eigenvalue weighted by molar-refractivity contribution is 9.10. The number of ether oxygens (including phenoxy) is 1. The molecule has 1 N–H and O–H groups in total. The summed E-state index contributed by atoms with van der Waals surface area (Å²) in [5.41, 5.74) is 0.849. The van der Waals surface area contributed by atoms with Crippen molar-refractivity contribution in [3.05, 3.63) is 16.4 Å². The fourth-order valence-electron chi connectivity index (χ4n) is 1.72. The van der Waals surface area contributed by atoms with Crippen molar-refractivity contribution in [3.63, 3.8) is 0 Å². The van der Waals surface area contributed by atoms with Crippen LogP contribution in [0, 0.1) is 5.92 Å². The van der Waals surface area contributed by atoms with E-state index in [-0.39, 0.29) is 0 Å². The largest absolute Gasteiger partial charge is 0.387 e. The van der Waals surface area contributed by atoms with Crippen LogP contribution < -0.4 is 0 Å². The zero-order valence-corrected chi connectivity index (χ0v) is 12.3. The molecule has 1 aromatic rings. The van der Waals surface area contributed by atoms with E-state index in [1.165, 1.54) is 0 Å². The first-order valence-electron chi connectivity index (χ1n) is 5.98. The molecule has 1 rings (SSSR count). The minimum Gasteiger partial charge on any atom is -0.387 e. The van der Waals surface area contributed by atoms with Gasteiger partial charge in [-0.15, -0.1) is 0 Å². The van der Waals surface area contributed by atoms with Crippen molar-refractivity contribution < 1.29 is 9.84 Å². The SMILES string of the molecule is CCC(C)CC(O)c1c(Br)cnn1CCOC. The molecule has 1 heterocycles. The summed E-state index contributed by atoms with van der Waals surface area (Å²) in [6, 6.07) is 0. The summed E-state index contributed by atoms with van der Waals surface area (Å²) < 4.78 is 7.71. The molecule has 1 aromatic heterocycles. The molecule has 4 nitrogen and oxygen atoms in total. The standard InChI is InChI=1S/C12H21BrN2O2/c1-4-9(2)7-11(16)12-10(13)8-14-15(12)5-6-17-3/h8-9,11,16H,4-7H2,1-3H3. The van der Waals surface area contributed by atoms with E-state index in [1.54, 1.807) is 18.0 Å². The molecule has 0 bridgehead atoms. The van der Waals surface area contributed by atoms with Crippen LogP contribution in [0.2, 0.25) is 0 Å². The molecule has 0 radical (unpaired) electrons. The molecule has 2 unspecified atom stereocenters. The van der Waals surface area contributed by atoms with Crippen molar-refractivity contribution in [1.29, 1.82) is 0 Å². The van der Waals surface area contributed by atoms with Gasteiger partial charge in [-0.3, -0.25) is 4.68 Å². The Kier molecular flexibility index (Phi) is 6.16. The highest BCUT2D eigenvalue weighted by Gasteiger charge is 2.19. The number of rotatable bonds is 7. The van der Waals surface area contributed by atoms with Gasteiger partial charge in [0.1, 0.15) is 0 Å². The van der Waals surface area contributed by atoms with Gasteiger partial charge in [-0.1, -0.05) is 20.3 Å². The smallest absolute Gasteiger partial charge is 0.0970 e. The molecule has 98 valence electrons. The van der Waals surface area contributed by atoms with Crippen molar-refractivity contribution >= 4 is 15.9 Å². The van der Waals surface area contributed by atoms with E-state index >= 15 is 0 Å². The first-order valence-corrected chi connectivity index (χ1v) is 6.77. The Hall–Kier alpha value is -0.390. The molecule has 17 heavy (non-hydrogen) atoms. The van der Waals surface area contributed by atoms with Crippen molar-refractivity contribution in [2.24, 2.45) is 5.92 Å². The van der Waals surface area contributed by atoms with Crippen LogP contribution in [0.3, 0.4) is 0 Å². The van der Waals surface area contributed by atoms with Crippen LogP contribution in [0.4, 0.5) is 0 Å². The lowest BCUT2D eigenvalue weighted by atomic mass is 9.99. The van der Waals surface area contributed by atoms with Gasteiger partial charge < -0.3 is 9.84 Å². The number of nitrogens with zero attached hydrogens (tertiary/aromatic N) is 2. The Morgan fingerprint density at radius 3 is 2.88 bits per heavy atom. The van der Waals surface area contributed by atoms with E-state index in [1.807, 2.05) is 0 Å². The van der Waals surface area contributed by atoms with Crippen LogP contribution in [0.1, 0.15) is 38.5 Å². The second-order valence-electron chi connectivity index (χ2n) is 4.36. The lowest BCUT2D eigenvalue weighted by molar-refractivity contribution is 0.129. The molecule has 0 saturated carbocycles. The topological polar surface area (TPSA) is 47.3 Å². The van der Waals surface area contributed by atoms with Crippen molar-refractivity contribution in [3.8, 4) is 0 Å². The van der Waals surface area contributed by atoms with E-state index in [0.29, 0.717) is 19.1 Å². The van der Waals surface area contributed by atoms with Crippen molar-refractivity contribution in [1.82, 2.24) is 9.78 Å². The van der Waals surface area contributed by atoms with Gasteiger partial charge in [0.15, 0.2) is 0 Å². The van der Waals surface area contributed by atoms with Gasteiger partial charge in [0.05, 0.1) is 35.6 Å². The summed E-state index contributed by atoms with van der Waals surface area (Å²) in [7, 11) is 1.66. The molecule has 5 heteroatoms. The summed E-state index contributed by atoms with van der Waals surface area (Å²) in [5, 5.41) is 14.5. The van der Waals surface area contributed by atoms with Gasteiger partial charge in [-0.2, -0.15) is 5.10 Å². The Morgan fingerprint density at radius 1 is 1.59 bits per heavy atom. The van der Waals surface area contributed by atoms with Crippen LogP contribution >= 0.6 is 15.9 Å². The maximum Gasteiger partial charge on any atom is 0.0970 e. The highest BCUT2D eigenvalue weighted by Crippen LogP contribution is 2.28. The summed E-state index contributed by atoms with van der Waals surface area (Å²) in [6.07, 6.45) is 3.08. The Balaban J connectivity index is 2.76. The summed E-state index contributed by atoms with van der Waals surface area (Å²) in [6.45, 7) is 5.54. The first-order chi connectivity index (χ1) is 8.10. The van der Waals surface area contributed by atoms with Crippen molar-refractivity contribution in [2.75, 3.05) is 13.7 Å². The van der Waals surface area contributed by atoms with Gasteiger partial charge in [0.25, 0.3) is 0 Å². The lowest BCUT2D eigenvalue weighted by Crippen LogP contribution is -2.14. The molecule has 0 aliphatic heterocycles. The van der Waals surface area contributed by atoms with Crippen LogP contribution in [-0.4, -0.2) is 28.6 Å². The van der Waals surface area contributed by atoms with Gasteiger partial charge in [-0.25, -0.2) is 0 Å². The molecule has 0 aromatic carbocycles. The molecular formula is C12H21BrN2O2. The average molecular weight is 305 g/mol.